The van der Waals surface area contributed by atoms with Crippen LogP contribution in [0.4, 0.5) is 0 Å². The molecule has 1 rings (SSSR count). The summed E-state index contributed by atoms with van der Waals surface area (Å²) in [6.07, 6.45) is 0.566. The van der Waals surface area contributed by atoms with Crippen LogP contribution in [0, 0.1) is 0 Å². The van der Waals surface area contributed by atoms with Gasteiger partial charge in [-0.1, -0.05) is 22.9 Å². The van der Waals surface area contributed by atoms with E-state index in [1.54, 1.807) is 0 Å². The molecule has 0 aromatic heterocycles. The fourth-order valence-electron chi connectivity index (χ4n) is 1.08. The maximum atomic E-state index is 10.2. The SMILES string of the molecule is O.O.O=S(=O)([O-])CCCO.O=S(=O)([O-])[O-].O=S1(=O)CCCO1.O=[S-](=O)CCCS(=O)(=O)[O-].O=[S-](=O)[O-].[Na+].[Na+].[Na+].[Na+].[Na+].[Na+].[Na+].[OH-]. The van der Waals surface area contributed by atoms with Crippen molar-refractivity contribution in [3.63, 3.8) is 0 Å². The molecular weight excluding hydrogens is 813 g/mol. The average Bonchev–Trinajstić information content (AvgIpc) is 2.94. The number of aliphatic hydroxyl groups excluding tert-OH is 1. The topological polar surface area (TPSA) is 443 Å². The van der Waals surface area contributed by atoms with Gasteiger partial charge >= 0.3 is 207 Å². The van der Waals surface area contributed by atoms with Crippen LogP contribution in [-0.2, 0) is 83.5 Å². The normalized spacial score (nSPS) is 11.5. The molecule has 1 saturated heterocycles. The van der Waals surface area contributed by atoms with Crippen molar-refractivity contribution in [3.05, 3.63) is 0 Å². The molecule has 0 aromatic carbocycles. The molecule has 44 heavy (non-hydrogen) atoms. The van der Waals surface area contributed by atoms with E-state index in [4.69, 9.17) is 35.6 Å². The Morgan fingerprint density at radius 2 is 0.977 bits per heavy atom. The minimum atomic E-state index is -5.17. The van der Waals surface area contributed by atoms with Gasteiger partial charge in [-0.2, -0.15) is 19.4 Å². The van der Waals surface area contributed by atoms with Crippen LogP contribution in [0.25, 0.3) is 0 Å². The summed E-state index contributed by atoms with van der Waals surface area (Å²) < 4.78 is 162. The van der Waals surface area contributed by atoms with Gasteiger partial charge in [-0.15, -0.1) is 0 Å². The van der Waals surface area contributed by atoms with Crippen molar-refractivity contribution in [2.24, 2.45) is 0 Å². The quantitative estimate of drug-likeness (QED) is 0.0621. The molecule has 0 aromatic rings. The van der Waals surface area contributed by atoms with E-state index in [9.17, 15) is 42.8 Å². The van der Waals surface area contributed by atoms with E-state index in [-0.39, 0.29) is 254 Å². The molecule has 1 aliphatic heterocycles. The summed E-state index contributed by atoms with van der Waals surface area (Å²) in [6.45, 7) is 0.129. The molecule has 35 heteroatoms. The van der Waals surface area contributed by atoms with Crippen molar-refractivity contribution in [2.75, 3.05) is 36.2 Å². The van der Waals surface area contributed by atoms with E-state index in [0.717, 1.165) is 0 Å². The minimum absolute atomic E-state index is 0. The first-order valence-electron chi connectivity index (χ1n) is 7.76. The Bertz CT molecular complexity index is 1090. The van der Waals surface area contributed by atoms with Crippen LogP contribution in [0.3, 0.4) is 0 Å². The Morgan fingerprint density at radius 3 is 1.09 bits per heavy atom. The monoisotopic (exact) mass is 837 g/mol. The van der Waals surface area contributed by atoms with Crippen molar-refractivity contribution in [1.82, 2.24) is 0 Å². The molecule has 1 heterocycles. The summed E-state index contributed by atoms with van der Waals surface area (Å²) in [6, 6.07) is 0. The summed E-state index contributed by atoms with van der Waals surface area (Å²) in [7, 11) is -21.9. The molecule has 0 radical (unpaired) electrons. The number of hydrogen-bond donors (Lipinski definition) is 1. The fraction of sp³-hybridized carbons (Fsp3) is 1.00. The molecule has 0 bridgehead atoms. The molecule has 0 spiro atoms. The first kappa shape index (κ1) is 92.8. The van der Waals surface area contributed by atoms with Gasteiger partial charge < -0.3 is 61.1 Å². The molecular formula is C9H24Na7O22S6-. The van der Waals surface area contributed by atoms with Gasteiger partial charge in [0.15, 0.2) is 0 Å². The first-order chi connectivity index (χ1) is 14.9. The first-order valence-corrected chi connectivity index (χ1v) is 16.1. The third-order valence-corrected chi connectivity index (χ3v) is 5.57. The van der Waals surface area contributed by atoms with Gasteiger partial charge in [0.05, 0.1) is 32.6 Å². The number of aliphatic hydroxyl groups is 1. The molecule has 236 valence electrons. The van der Waals surface area contributed by atoms with Gasteiger partial charge in [-0.3, -0.25) is 12.6 Å². The van der Waals surface area contributed by atoms with Gasteiger partial charge in [0, 0.05) is 28.5 Å². The zero-order valence-corrected chi connectivity index (χ0v) is 44.0. The van der Waals surface area contributed by atoms with Gasteiger partial charge in [0.1, 0.15) is 0 Å². The average molecular weight is 838 g/mol. The van der Waals surface area contributed by atoms with Crippen LogP contribution in [0.1, 0.15) is 19.3 Å². The minimum Gasteiger partial charge on any atom is -0.917 e. The Hall–Kier alpha value is 6.30. The second kappa shape index (κ2) is 53.7. The number of rotatable bonds is 7. The molecule has 0 aliphatic carbocycles. The van der Waals surface area contributed by atoms with E-state index in [1.807, 2.05) is 0 Å². The van der Waals surface area contributed by atoms with E-state index in [0.29, 0.717) is 13.0 Å². The van der Waals surface area contributed by atoms with Crippen LogP contribution >= 0.6 is 0 Å². The maximum absolute atomic E-state index is 10.2. The zero-order valence-electron chi connectivity index (χ0n) is 25.1. The van der Waals surface area contributed by atoms with Crippen LogP contribution in [-0.4, -0.2) is 114 Å². The molecule has 1 fully saturated rings. The van der Waals surface area contributed by atoms with Gasteiger partial charge in [0.2, 0.25) is 0 Å². The summed E-state index contributed by atoms with van der Waals surface area (Å²) >= 11 is 0. The molecule has 0 amide bonds. The van der Waals surface area contributed by atoms with E-state index in [1.165, 1.54) is 0 Å². The third-order valence-electron chi connectivity index (χ3n) is 2.06. The Morgan fingerprint density at radius 1 is 0.705 bits per heavy atom. The third kappa shape index (κ3) is 145. The van der Waals surface area contributed by atoms with Gasteiger partial charge in [-0.05, 0) is 12.8 Å². The van der Waals surface area contributed by atoms with E-state index >= 15 is 0 Å². The van der Waals surface area contributed by atoms with Crippen LogP contribution in [0.15, 0.2) is 0 Å². The summed E-state index contributed by atoms with van der Waals surface area (Å²) in [5, 5.41) is 8.03. The predicted octanol–water partition coefficient (Wildman–Crippen LogP) is -26.8. The van der Waals surface area contributed by atoms with E-state index in [2.05, 4.69) is 4.18 Å². The Labute approximate surface area is 415 Å². The smallest absolute Gasteiger partial charge is 0.917 e. The fourth-order valence-corrected chi connectivity index (χ4v) is 3.58. The zero-order chi connectivity index (χ0) is 28.2. The summed E-state index contributed by atoms with van der Waals surface area (Å²) in [4.78, 5) is 0. The molecule has 6 N–H and O–H groups in total. The summed E-state index contributed by atoms with van der Waals surface area (Å²) in [5.41, 5.74) is 0. The van der Waals surface area contributed by atoms with Crippen molar-refractivity contribution in [2.45, 2.75) is 19.3 Å². The maximum Gasteiger partial charge on any atom is 1.00 e. The van der Waals surface area contributed by atoms with Crippen molar-refractivity contribution in [3.8, 4) is 0 Å². The van der Waals surface area contributed by atoms with Crippen LogP contribution in [0.5, 0.6) is 0 Å². The second-order valence-electron chi connectivity index (χ2n) is 5.01. The largest absolute Gasteiger partial charge is 1.00 e. The standard InChI is InChI=1S/C3H7O5S2.C3H8O4S.C3H6O3S.7Na.H2O4S.O3S.3H2O/c4-9(5)2-1-3-10(6,7)8;4-2-1-3-8(5,6)7;4-7(5)3-1-2-6-7;;;;;;;;1-5(2,3)4;1-4(2)3;;;/h1-3H2,(H,6,7,8);4H,1-3H2,(H,5,6,7);1-3H2;;;;;;;;(H2,1,2,3,4);;3*1H2/q-1;;;7*+1;;-2;;;/p-5. The van der Waals surface area contributed by atoms with Crippen LogP contribution in [0.2, 0.25) is 0 Å². The second-order valence-corrected chi connectivity index (χ2v) is 12.1. The Kier molecular flexibility index (Phi) is 113. The molecule has 1 aliphatic rings. The van der Waals surface area contributed by atoms with Gasteiger partial charge in [0.25, 0.3) is 10.1 Å². The summed E-state index contributed by atoms with van der Waals surface area (Å²) in [5.74, 6) is -1.15. The van der Waals surface area contributed by atoms with Crippen molar-refractivity contribution < 1.29 is 306 Å². The van der Waals surface area contributed by atoms with Crippen LogP contribution < -0.4 is 207 Å². The molecule has 0 atom stereocenters. The van der Waals surface area contributed by atoms with Gasteiger partial charge in [-0.25, -0.2) is 16.8 Å². The van der Waals surface area contributed by atoms with Crippen molar-refractivity contribution in [1.29, 1.82) is 0 Å². The molecule has 0 unspecified atom stereocenters. The molecule has 22 nitrogen and oxygen atoms in total. The number of hydrogen-bond acceptors (Lipinski definition) is 22. The Balaban J connectivity index is -0.0000000206. The predicted molar refractivity (Wildman–Crippen MR) is 113 cm³/mol. The van der Waals surface area contributed by atoms with E-state index < -0.39 is 73.9 Å². The molecule has 0 saturated carbocycles. The van der Waals surface area contributed by atoms with Crippen molar-refractivity contribution >= 4 is 62.4 Å².